The molecule has 1 heterocycles. The highest BCUT2D eigenvalue weighted by atomic mass is 35.5. The fraction of sp³-hybridized carbons (Fsp3) is 0.0714. The van der Waals surface area contributed by atoms with Crippen molar-refractivity contribution in [3.63, 3.8) is 0 Å². The standard InChI is InChI=1S/C14H11ClN4O4/c15-11-4-3-10(6-12(11)19(22)23)18-14(21)13(20)17-8-9-2-1-5-16-7-9/h1-7H,8H2,(H,17,20)(H,18,21). The first-order chi connectivity index (χ1) is 11.0. The lowest BCUT2D eigenvalue weighted by molar-refractivity contribution is -0.384. The molecule has 0 atom stereocenters. The van der Waals surface area contributed by atoms with Gasteiger partial charge in [0.1, 0.15) is 5.02 Å². The average molecular weight is 335 g/mol. The van der Waals surface area contributed by atoms with Crippen LogP contribution in [0, 0.1) is 10.1 Å². The van der Waals surface area contributed by atoms with Crippen molar-refractivity contribution in [3.8, 4) is 0 Å². The monoisotopic (exact) mass is 334 g/mol. The van der Waals surface area contributed by atoms with Crippen LogP contribution in [0.15, 0.2) is 42.7 Å². The summed E-state index contributed by atoms with van der Waals surface area (Å²) in [7, 11) is 0. The summed E-state index contributed by atoms with van der Waals surface area (Å²) < 4.78 is 0. The Hall–Kier alpha value is -3.00. The van der Waals surface area contributed by atoms with Crippen LogP contribution in [0.2, 0.25) is 5.02 Å². The molecule has 0 fully saturated rings. The summed E-state index contributed by atoms with van der Waals surface area (Å²) in [5.41, 5.74) is 0.471. The molecule has 0 saturated heterocycles. The predicted molar refractivity (Wildman–Crippen MR) is 82.8 cm³/mol. The maximum absolute atomic E-state index is 11.8. The van der Waals surface area contributed by atoms with Gasteiger partial charge in [0.05, 0.1) is 4.92 Å². The highest BCUT2D eigenvalue weighted by Crippen LogP contribution is 2.27. The number of pyridine rings is 1. The van der Waals surface area contributed by atoms with Crippen molar-refractivity contribution >= 4 is 34.8 Å². The van der Waals surface area contributed by atoms with E-state index in [-0.39, 0.29) is 22.9 Å². The lowest BCUT2D eigenvalue weighted by Gasteiger charge is -2.07. The van der Waals surface area contributed by atoms with Gasteiger partial charge >= 0.3 is 11.8 Å². The number of nitrogens with zero attached hydrogens (tertiary/aromatic N) is 2. The van der Waals surface area contributed by atoms with Gasteiger partial charge in [-0.25, -0.2) is 0 Å². The molecule has 118 valence electrons. The van der Waals surface area contributed by atoms with E-state index in [0.29, 0.717) is 0 Å². The molecule has 0 aliphatic carbocycles. The Labute approximate surface area is 135 Å². The minimum absolute atomic E-state index is 0.0611. The average Bonchev–Trinajstić information content (AvgIpc) is 2.55. The number of nitrogens with one attached hydrogen (secondary N) is 2. The van der Waals surface area contributed by atoms with Gasteiger partial charge in [-0.05, 0) is 23.8 Å². The Kier molecular flexibility index (Phi) is 5.21. The molecule has 0 saturated carbocycles. The molecular formula is C14H11ClN4O4. The molecule has 2 rings (SSSR count). The van der Waals surface area contributed by atoms with E-state index in [1.807, 2.05) is 0 Å². The van der Waals surface area contributed by atoms with Gasteiger partial charge in [-0.15, -0.1) is 0 Å². The van der Waals surface area contributed by atoms with Gasteiger partial charge in [0.2, 0.25) is 0 Å². The molecule has 2 aromatic rings. The second-order valence-corrected chi connectivity index (χ2v) is 4.83. The largest absolute Gasteiger partial charge is 0.344 e. The normalized spacial score (nSPS) is 9.96. The molecule has 0 spiro atoms. The van der Waals surface area contributed by atoms with E-state index in [9.17, 15) is 19.7 Å². The second-order valence-electron chi connectivity index (χ2n) is 4.42. The first-order valence-corrected chi connectivity index (χ1v) is 6.77. The molecule has 2 amide bonds. The number of rotatable bonds is 4. The molecule has 0 radical (unpaired) electrons. The van der Waals surface area contributed by atoms with Gasteiger partial charge in [-0.3, -0.25) is 24.7 Å². The van der Waals surface area contributed by atoms with Crippen LogP contribution >= 0.6 is 11.6 Å². The zero-order chi connectivity index (χ0) is 16.8. The number of halogens is 1. The van der Waals surface area contributed by atoms with Crippen LogP contribution in [0.25, 0.3) is 0 Å². The second kappa shape index (κ2) is 7.32. The number of aromatic nitrogens is 1. The fourth-order valence-electron chi connectivity index (χ4n) is 1.68. The van der Waals surface area contributed by atoms with E-state index < -0.39 is 16.7 Å². The molecular weight excluding hydrogens is 324 g/mol. The predicted octanol–water partition coefficient (Wildman–Crippen LogP) is 1.90. The molecule has 0 aliphatic rings. The van der Waals surface area contributed by atoms with Crippen LogP contribution in [0.1, 0.15) is 5.56 Å². The third-order valence-electron chi connectivity index (χ3n) is 2.78. The van der Waals surface area contributed by atoms with Crippen LogP contribution < -0.4 is 10.6 Å². The van der Waals surface area contributed by atoms with Gasteiger partial charge in [-0.2, -0.15) is 0 Å². The highest BCUT2D eigenvalue weighted by Gasteiger charge is 2.17. The van der Waals surface area contributed by atoms with Crippen LogP contribution in [0.4, 0.5) is 11.4 Å². The van der Waals surface area contributed by atoms with E-state index in [1.165, 1.54) is 12.1 Å². The minimum atomic E-state index is -0.939. The number of hydrogen-bond acceptors (Lipinski definition) is 5. The van der Waals surface area contributed by atoms with Gasteiger partial charge in [0.15, 0.2) is 0 Å². The summed E-state index contributed by atoms with van der Waals surface area (Å²) in [6, 6.07) is 7.15. The first kappa shape index (κ1) is 16.4. The van der Waals surface area contributed by atoms with Crippen LogP contribution in [-0.4, -0.2) is 21.7 Å². The lowest BCUT2D eigenvalue weighted by Crippen LogP contribution is -2.34. The number of nitro benzene ring substituents is 1. The van der Waals surface area contributed by atoms with Crippen molar-refractivity contribution in [2.45, 2.75) is 6.54 Å². The Bertz CT molecular complexity index is 752. The molecule has 8 nitrogen and oxygen atoms in total. The third-order valence-corrected chi connectivity index (χ3v) is 3.10. The quantitative estimate of drug-likeness (QED) is 0.503. The summed E-state index contributed by atoms with van der Waals surface area (Å²) >= 11 is 5.67. The van der Waals surface area contributed by atoms with Crippen LogP contribution in [0.3, 0.4) is 0 Å². The van der Waals surface area contributed by atoms with Crippen LogP contribution in [0.5, 0.6) is 0 Å². The fourth-order valence-corrected chi connectivity index (χ4v) is 1.87. The summed E-state index contributed by atoms with van der Waals surface area (Å²) in [5.74, 6) is -1.81. The molecule has 0 aliphatic heterocycles. The number of anilines is 1. The molecule has 9 heteroatoms. The van der Waals surface area contributed by atoms with E-state index >= 15 is 0 Å². The van der Waals surface area contributed by atoms with Gasteiger partial charge in [0, 0.05) is 30.7 Å². The van der Waals surface area contributed by atoms with E-state index in [1.54, 1.807) is 24.5 Å². The summed E-state index contributed by atoms with van der Waals surface area (Å²) in [4.78, 5) is 37.4. The van der Waals surface area contributed by atoms with Crippen molar-refractivity contribution in [1.82, 2.24) is 10.3 Å². The topological polar surface area (TPSA) is 114 Å². The number of carbonyl (C=O) groups excluding carboxylic acids is 2. The zero-order valence-electron chi connectivity index (χ0n) is 11.7. The van der Waals surface area contributed by atoms with E-state index in [0.717, 1.165) is 11.6 Å². The minimum Gasteiger partial charge on any atom is -0.344 e. The number of amides is 2. The van der Waals surface area contributed by atoms with Crippen molar-refractivity contribution < 1.29 is 14.5 Å². The number of carbonyl (C=O) groups is 2. The molecule has 23 heavy (non-hydrogen) atoms. The van der Waals surface area contributed by atoms with Gasteiger partial charge in [0.25, 0.3) is 5.69 Å². The lowest BCUT2D eigenvalue weighted by atomic mass is 10.2. The van der Waals surface area contributed by atoms with E-state index in [2.05, 4.69) is 15.6 Å². The maximum atomic E-state index is 11.8. The van der Waals surface area contributed by atoms with Crippen molar-refractivity contribution in [3.05, 3.63) is 63.4 Å². The Morgan fingerprint density at radius 2 is 2.04 bits per heavy atom. The molecule has 2 N–H and O–H groups in total. The molecule has 0 unspecified atom stereocenters. The van der Waals surface area contributed by atoms with Crippen molar-refractivity contribution in [1.29, 1.82) is 0 Å². The van der Waals surface area contributed by atoms with Crippen molar-refractivity contribution in [2.24, 2.45) is 0 Å². The number of hydrogen-bond donors (Lipinski definition) is 2. The zero-order valence-corrected chi connectivity index (χ0v) is 12.4. The highest BCUT2D eigenvalue weighted by molar-refractivity contribution is 6.39. The molecule has 1 aromatic heterocycles. The Morgan fingerprint density at radius 3 is 2.70 bits per heavy atom. The maximum Gasteiger partial charge on any atom is 0.313 e. The SMILES string of the molecule is O=C(NCc1cccnc1)C(=O)Nc1ccc(Cl)c([N+](=O)[O-])c1. The Balaban J connectivity index is 1.97. The Morgan fingerprint density at radius 1 is 1.26 bits per heavy atom. The summed E-state index contributed by atoms with van der Waals surface area (Å²) in [6.45, 7) is 0.140. The van der Waals surface area contributed by atoms with Crippen molar-refractivity contribution in [2.75, 3.05) is 5.32 Å². The van der Waals surface area contributed by atoms with Crippen LogP contribution in [-0.2, 0) is 16.1 Å². The van der Waals surface area contributed by atoms with E-state index in [4.69, 9.17) is 11.6 Å². The molecule has 1 aromatic carbocycles. The first-order valence-electron chi connectivity index (χ1n) is 6.39. The summed E-state index contributed by atoms with van der Waals surface area (Å²) in [6.07, 6.45) is 3.15. The van der Waals surface area contributed by atoms with Gasteiger partial charge < -0.3 is 10.6 Å². The van der Waals surface area contributed by atoms with Gasteiger partial charge in [-0.1, -0.05) is 17.7 Å². The smallest absolute Gasteiger partial charge is 0.313 e. The summed E-state index contributed by atoms with van der Waals surface area (Å²) in [5, 5.41) is 15.4. The third kappa shape index (κ3) is 4.48. The molecule has 0 bridgehead atoms. The number of nitro groups is 1. The number of benzene rings is 1.